The summed E-state index contributed by atoms with van der Waals surface area (Å²) in [6.45, 7) is 8.03. The highest BCUT2D eigenvalue weighted by molar-refractivity contribution is 7.99. The molecule has 2 heterocycles. The second-order valence-electron chi connectivity index (χ2n) is 7.41. The van der Waals surface area contributed by atoms with E-state index >= 15 is 0 Å². The first kappa shape index (κ1) is 23.7. The molecule has 0 aliphatic rings. The third kappa shape index (κ3) is 9.64. The topological polar surface area (TPSA) is 110 Å². The molecule has 0 aromatic carbocycles. The second-order valence-corrected chi connectivity index (χ2v) is 10.8. The lowest BCUT2D eigenvalue weighted by Gasteiger charge is -2.02. The fourth-order valence-corrected chi connectivity index (χ4v) is 4.96. The van der Waals surface area contributed by atoms with Crippen molar-refractivity contribution in [1.29, 1.82) is 0 Å². The van der Waals surface area contributed by atoms with Gasteiger partial charge in [-0.25, -0.2) is 0 Å². The van der Waals surface area contributed by atoms with E-state index in [0.717, 1.165) is 34.4 Å². The SMILES string of the molecule is CC(C)CC(=O)Nc1nnc(CCSCCc2nnc(NC(=O)CC(C)C)s2)s1. The predicted molar refractivity (Wildman–Crippen MR) is 121 cm³/mol. The summed E-state index contributed by atoms with van der Waals surface area (Å²) >= 11 is 4.66. The van der Waals surface area contributed by atoms with Crippen molar-refractivity contribution in [3.05, 3.63) is 10.0 Å². The van der Waals surface area contributed by atoms with Gasteiger partial charge >= 0.3 is 0 Å². The molecule has 2 N–H and O–H groups in total. The van der Waals surface area contributed by atoms with E-state index < -0.39 is 0 Å². The fraction of sp³-hybridized carbons (Fsp3) is 0.667. The molecule has 11 heteroatoms. The fourth-order valence-electron chi connectivity index (χ4n) is 2.31. The Hall–Kier alpha value is -1.59. The number of hydrogen-bond acceptors (Lipinski definition) is 9. The lowest BCUT2D eigenvalue weighted by molar-refractivity contribution is -0.117. The summed E-state index contributed by atoms with van der Waals surface area (Å²) in [5.41, 5.74) is 0. The molecule has 29 heavy (non-hydrogen) atoms. The summed E-state index contributed by atoms with van der Waals surface area (Å²) in [6, 6.07) is 0. The van der Waals surface area contributed by atoms with Crippen LogP contribution in [-0.4, -0.2) is 43.7 Å². The lowest BCUT2D eigenvalue weighted by Crippen LogP contribution is -2.13. The van der Waals surface area contributed by atoms with Crippen LogP contribution in [0.1, 0.15) is 50.6 Å². The van der Waals surface area contributed by atoms with Gasteiger partial charge in [-0.05, 0) is 23.3 Å². The van der Waals surface area contributed by atoms with Gasteiger partial charge in [-0.3, -0.25) is 9.59 Å². The lowest BCUT2D eigenvalue weighted by atomic mass is 10.1. The van der Waals surface area contributed by atoms with Crippen LogP contribution >= 0.6 is 34.4 Å². The Morgan fingerprint density at radius 1 is 0.793 bits per heavy atom. The Labute approximate surface area is 183 Å². The zero-order valence-corrected chi connectivity index (χ0v) is 19.7. The number of aryl methyl sites for hydroxylation is 2. The molecule has 160 valence electrons. The highest BCUT2D eigenvalue weighted by atomic mass is 32.2. The first-order valence-corrected chi connectivity index (χ1v) is 12.4. The smallest absolute Gasteiger partial charge is 0.226 e. The van der Waals surface area contributed by atoms with Crippen LogP contribution in [0.15, 0.2) is 0 Å². The molecule has 0 saturated carbocycles. The van der Waals surface area contributed by atoms with Gasteiger partial charge in [-0.2, -0.15) is 11.8 Å². The Morgan fingerprint density at radius 2 is 1.21 bits per heavy atom. The summed E-state index contributed by atoms with van der Waals surface area (Å²) in [4.78, 5) is 23.5. The van der Waals surface area contributed by atoms with E-state index in [1.54, 1.807) is 0 Å². The zero-order chi connectivity index (χ0) is 21.2. The standard InChI is InChI=1S/C18H28N6O2S3/c1-11(2)9-13(25)19-17-23-21-15(28-17)5-7-27-8-6-16-22-24-18(29-16)20-14(26)10-12(3)4/h11-12H,5-10H2,1-4H3,(H,19,23,25)(H,20,24,26). The number of thioether (sulfide) groups is 1. The molecule has 0 fully saturated rings. The summed E-state index contributed by atoms with van der Waals surface area (Å²) < 4.78 is 0. The average Bonchev–Trinajstić information content (AvgIpc) is 3.22. The number of anilines is 2. The van der Waals surface area contributed by atoms with Crippen LogP contribution < -0.4 is 10.6 Å². The van der Waals surface area contributed by atoms with Crippen LogP contribution in [0.3, 0.4) is 0 Å². The van der Waals surface area contributed by atoms with Crippen LogP contribution in [0.2, 0.25) is 0 Å². The van der Waals surface area contributed by atoms with Crippen molar-refractivity contribution < 1.29 is 9.59 Å². The first-order chi connectivity index (χ1) is 13.8. The Bertz CT molecular complexity index is 726. The molecule has 0 saturated heterocycles. The molecule has 0 spiro atoms. The average molecular weight is 457 g/mol. The third-order valence-corrected chi connectivity index (χ3v) is 6.32. The number of aromatic nitrogens is 4. The molecule has 0 radical (unpaired) electrons. The number of amides is 2. The van der Waals surface area contributed by atoms with Crippen molar-refractivity contribution in [3.8, 4) is 0 Å². The van der Waals surface area contributed by atoms with Gasteiger partial charge in [0.05, 0.1) is 0 Å². The monoisotopic (exact) mass is 456 g/mol. The molecule has 8 nitrogen and oxygen atoms in total. The van der Waals surface area contributed by atoms with Crippen molar-refractivity contribution in [2.75, 3.05) is 22.1 Å². The highest BCUT2D eigenvalue weighted by Gasteiger charge is 2.11. The maximum absolute atomic E-state index is 11.8. The quantitative estimate of drug-likeness (QED) is 0.466. The summed E-state index contributed by atoms with van der Waals surface area (Å²) in [7, 11) is 0. The van der Waals surface area contributed by atoms with E-state index in [9.17, 15) is 9.59 Å². The van der Waals surface area contributed by atoms with Crippen LogP contribution in [0.5, 0.6) is 0 Å². The van der Waals surface area contributed by atoms with Gasteiger partial charge < -0.3 is 10.6 Å². The predicted octanol–water partition coefficient (Wildman–Crippen LogP) is 3.88. The van der Waals surface area contributed by atoms with Crippen molar-refractivity contribution in [2.45, 2.75) is 53.4 Å². The minimum Gasteiger partial charge on any atom is -0.301 e. The third-order valence-electron chi connectivity index (χ3n) is 3.53. The van der Waals surface area contributed by atoms with Gasteiger partial charge in [0, 0.05) is 25.7 Å². The van der Waals surface area contributed by atoms with Crippen LogP contribution in [0.4, 0.5) is 10.3 Å². The largest absolute Gasteiger partial charge is 0.301 e. The summed E-state index contributed by atoms with van der Waals surface area (Å²) in [5.74, 6) is 2.44. The number of nitrogens with zero attached hydrogens (tertiary/aromatic N) is 4. The second kappa shape index (κ2) is 12.2. The van der Waals surface area contributed by atoms with Crippen LogP contribution in [-0.2, 0) is 22.4 Å². The summed E-state index contributed by atoms with van der Waals surface area (Å²) in [5, 5.41) is 24.9. The van der Waals surface area contributed by atoms with E-state index in [0.29, 0.717) is 34.9 Å². The van der Waals surface area contributed by atoms with Gasteiger partial charge in [-0.1, -0.05) is 50.4 Å². The van der Waals surface area contributed by atoms with E-state index in [4.69, 9.17) is 0 Å². The Morgan fingerprint density at radius 3 is 1.59 bits per heavy atom. The molecule has 0 atom stereocenters. The maximum Gasteiger partial charge on any atom is 0.226 e. The first-order valence-electron chi connectivity index (χ1n) is 9.64. The Balaban J connectivity index is 1.63. The number of hydrogen-bond donors (Lipinski definition) is 2. The molecular formula is C18H28N6O2S3. The molecule has 0 aliphatic heterocycles. The van der Waals surface area contributed by atoms with E-state index in [1.165, 1.54) is 22.7 Å². The van der Waals surface area contributed by atoms with Gasteiger partial charge in [0.25, 0.3) is 0 Å². The minimum atomic E-state index is -0.0195. The van der Waals surface area contributed by atoms with Crippen molar-refractivity contribution in [3.63, 3.8) is 0 Å². The molecule has 0 unspecified atom stereocenters. The molecule has 2 amide bonds. The van der Waals surface area contributed by atoms with E-state index in [2.05, 4.69) is 31.0 Å². The molecule has 2 aromatic rings. The van der Waals surface area contributed by atoms with Gasteiger partial charge in [-0.15, -0.1) is 20.4 Å². The molecular weight excluding hydrogens is 428 g/mol. The number of carbonyl (C=O) groups is 2. The van der Waals surface area contributed by atoms with Gasteiger partial charge in [0.15, 0.2) is 0 Å². The normalized spacial score (nSPS) is 11.2. The summed E-state index contributed by atoms with van der Waals surface area (Å²) in [6.07, 6.45) is 2.60. The zero-order valence-electron chi connectivity index (χ0n) is 17.2. The highest BCUT2D eigenvalue weighted by Crippen LogP contribution is 2.20. The van der Waals surface area contributed by atoms with E-state index in [1.807, 2.05) is 39.5 Å². The number of nitrogens with one attached hydrogen (secondary N) is 2. The minimum absolute atomic E-state index is 0.0195. The van der Waals surface area contributed by atoms with Crippen molar-refractivity contribution in [2.24, 2.45) is 11.8 Å². The van der Waals surface area contributed by atoms with E-state index in [-0.39, 0.29) is 11.8 Å². The molecule has 2 rings (SSSR count). The Kier molecular flexibility index (Phi) is 9.95. The molecule has 2 aromatic heterocycles. The molecule has 0 aliphatic carbocycles. The van der Waals surface area contributed by atoms with Gasteiger partial charge in [0.1, 0.15) is 10.0 Å². The van der Waals surface area contributed by atoms with Crippen molar-refractivity contribution >= 4 is 56.5 Å². The van der Waals surface area contributed by atoms with Gasteiger partial charge in [0.2, 0.25) is 22.1 Å². The van der Waals surface area contributed by atoms with Crippen molar-refractivity contribution in [1.82, 2.24) is 20.4 Å². The maximum atomic E-state index is 11.8. The molecule has 0 bridgehead atoms. The van der Waals surface area contributed by atoms with Crippen LogP contribution in [0.25, 0.3) is 0 Å². The number of carbonyl (C=O) groups excluding carboxylic acids is 2. The number of rotatable bonds is 12. The van der Waals surface area contributed by atoms with Crippen LogP contribution in [0, 0.1) is 11.8 Å².